The highest BCUT2D eigenvalue weighted by Gasteiger charge is 2.23. The average Bonchev–Trinajstić information content (AvgIpc) is 2.69. The normalized spacial score (nSPS) is 27.2. The lowest BCUT2D eigenvalue weighted by Gasteiger charge is -2.36. The smallest absolute Gasteiger partial charge is 0.0524 e. The van der Waals surface area contributed by atoms with E-state index in [-0.39, 0.29) is 0 Å². The molecule has 0 bridgehead atoms. The Morgan fingerprint density at radius 1 is 1.56 bits per heavy atom. The first-order valence-electron chi connectivity index (χ1n) is 6.21. The van der Waals surface area contributed by atoms with Gasteiger partial charge in [0, 0.05) is 37.9 Å². The number of piperidine rings is 1. The van der Waals surface area contributed by atoms with Crippen molar-refractivity contribution in [2.24, 2.45) is 5.73 Å². The van der Waals surface area contributed by atoms with Gasteiger partial charge in [0.05, 0.1) is 5.69 Å². The molecule has 0 spiro atoms. The van der Waals surface area contributed by atoms with E-state index in [1.165, 1.54) is 5.69 Å². The number of nitrogens with two attached hydrogens (primary N) is 1. The highest BCUT2D eigenvalue weighted by molar-refractivity contribution is 5.01. The summed E-state index contributed by atoms with van der Waals surface area (Å²) in [5.74, 6) is 0. The van der Waals surface area contributed by atoms with Gasteiger partial charge in [0.1, 0.15) is 0 Å². The number of rotatable bonds is 3. The van der Waals surface area contributed by atoms with Crippen LogP contribution in [0, 0.1) is 0 Å². The maximum atomic E-state index is 5.97. The van der Waals surface area contributed by atoms with Crippen molar-refractivity contribution in [2.75, 3.05) is 6.54 Å². The maximum Gasteiger partial charge on any atom is 0.0524 e. The summed E-state index contributed by atoms with van der Waals surface area (Å²) in [6.45, 7) is 7.46. The van der Waals surface area contributed by atoms with E-state index in [2.05, 4.69) is 34.6 Å². The Hall–Kier alpha value is -0.870. The van der Waals surface area contributed by atoms with Crippen molar-refractivity contribution in [3.8, 4) is 0 Å². The van der Waals surface area contributed by atoms with Crippen LogP contribution in [0.3, 0.4) is 0 Å². The third kappa shape index (κ3) is 2.44. The summed E-state index contributed by atoms with van der Waals surface area (Å²) in [5, 5.41) is 4.31. The van der Waals surface area contributed by atoms with Gasteiger partial charge in [0.25, 0.3) is 0 Å². The van der Waals surface area contributed by atoms with Gasteiger partial charge in [-0.15, -0.1) is 0 Å². The van der Waals surface area contributed by atoms with Gasteiger partial charge < -0.3 is 5.73 Å². The third-order valence-corrected chi connectivity index (χ3v) is 3.52. The zero-order valence-corrected chi connectivity index (χ0v) is 10.3. The minimum absolute atomic E-state index is 0.391. The monoisotopic (exact) mass is 222 g/mol. The van der Waals surface area contributed by atoms with Gasteiger partial charge in [-0.25, -0.2) is 0 Å². The molecule has 1 aliphatic heterocycles. The van der Waals surface area contributed by atoms with Crippen LogP contribution in [-0.2, 0) is 13.1 Å². The van der Waals surface area contributed by atoms with Crippen molar-refractivity contribution in [3.05, 3.63) is 18.0 Å². The highest BCUT2D eigenvalue weighted by atomic mass is 15.3. The van der Waals surface area contributed by atoms with Crippen molar-refractivity contribution >= 4 is 0 Å². The summed E-state index contributed by atoms with van der Waals surface area (Å²) in [5.41, 5.74) is 7.28. The first-order valence-corrected chi connectivity index (χ1v) is 6.21. The largest absolute Gasteiger partial charge is 0.328 e. The second kappa shape index (κ2) is 4.97. The number of likely N-dealkylation sites (tertiary alicyclic amines) is 1. The lowest BCUT2D eigenvalue weighted by molar-refractivity contribution is 0.136. The van der Waals surface area contributed by atoms with Crippen molar-refractivity contribution < 1.29 is 0 Å². The lowest BCUT2D eigenvalue weighted by Crippen LogP contribution is -2.45. The highest BCUT2D eigenvalue weighted by Crippen LogP contribution is 2.18. The van der Waals surface area contributed by atoms with Crippen LogP contribution in [0.5, 0.6) is 0 Å². The number of hydrogen-bond acceptors (Lipinski definition) is 3. The predicted octanol–water partition coefficient (Wildman–Crippen LogP) is 1.21. The second-order valence-electron chi connectivity index (χ2n) is 4.74. The zero-order chi connectivity index (χ0) is 11.5. The van der Waals surface area contributed by atoms with Crippen LogP contribution >= 0.6 is 0 Å². The van der Waals surface area contributed by atoms with Crippen molar-refractivity contribution in [1.82, 2.24) is 14.7 Å². The molecule has 4 nitrogen and oxygen atoms in total. The molecule has 0 amide bonds. The molecule has 2 unspecified atom stereocenters. The Kier molecular flexibility index (Phi) is 3.61. The molecule has 1 saturated heterocycles. The number of aromatic nitrogens is 2. The fourth-order valence-electron chi connectivity index (χ4n) is 2.48. The molecule has 90 valence electrons. The van der Waals surface area contributed by atoms with Gasteiger partial charge in [0.2, 0.25) is 0 Å². The van der Waals surface area contributed by atoms with Gasteiger partial charge in [-0.2, -0.15) is 5.10 Å². The molecule has 16 heavy (non-hydrogen) atoms. The molecule has 0 aromatic carbocycles. The standard InChI is InChI=1S/C12H22N4/c1-3-16-12(4-6-14-16)9-15-7-5-11(13)8-10(15)2/h4,6,10-11H,3,5,7-9,13H2,1-2H3. The summed E-state index contributed by atoms with van der Waals surface area (Å²) in [4.78, 5) is 2.51. The van der Waals surface area contributed by atoms with E-state index in [9.17, 15) is 0 Å². The van der Waals surface area contributed by atoms with Crippen LogP contribution in [0.4, 0.5) is 0 Å². The Labute approximate surface area is 97.4 Å². The Balaban J connectivity index is 1.99. The molecule has 0 saturated carbocycles. The predicted molar refractivity (Wildman–Crippen MR) is 65.0 cm³/mol. The molecule has 2 N–H and O–H groups in total. The lowest BCUT2D eigenvalue weighted by atomic mass is 9.99. The van der Waals surface area contributed by atoms with Crippen LogP contribution in [0.2, 0.25) is 0 Å². The Morgan fingerprint density at radius 2 is 2.38 bits per heavy atom. The quantitative estimate of drug-likeness (QED) is 0.836. The van der Waals surface area contributed by atoms with Crippen LogP contribution in [0.25, 0.3) is 0 Å². The first kappa shape index (κ1) is 11.6. The Bertz CT molecular complexity index is 334. The summed E-state index contributed by atoms with van der Waals surface area (Å²) < 4.78 is 2.07. The van der Waals surface area contributed by atoms with Gasteiger partial charge in [0.15, 0.2) is 0 Å². The summed E-state index contributed by atoms with van der Waals surface area (Å²) in [7, 11) is 0. The first-order chi connectivity index (χ1) is 7.70. The van der Waals surface area contributed by atoms with Crippen molar-refractivity contribution in [1.29, 1.82) is 0 Å². The molecule has 0 aliphatic carbocycles. The molecule has 1 aliphatic rings. The second-order valence-corrected chi connectivity index (χ2v) is 4.74. The van der Waals surface area contributed by atoms with E-state index in [4.69, 9.17) is 5.73 Å². The van der Waals surface area contributed by atoms with Crippen molar-refractivity contribution in [3.63, 3.8) is 0 Å². The fraction of sp³-hybridized carbons (Fsp3) is 0.750. The molecule has 1 fully saturated rings. The van der Waals surface area contributed by atoms with Gasteiger partial charge in [-0.05, 0) is 32.8 Å². The molecule has 2 heterocycles. The molecule has 0 radical (unpaired) electrons. The van der Waals surface area contributed by atoms with E-state index >= 15 is 0 Å². The van der Waals surface area contributed by atoms with Crippen molar-refractivity contribution in [2.45, 2.75) is 51.9 Å². The van der Waals surface area contributed by atoms with Gasteiger partial charge in [-0.1, -0.05) is 0 Å². The van der Waals surface area contributed by atoms with E-state index < -0.39 is 0 Å². The molecule has 1 aromatic heterocycles. The SMILES string of the molecule is CCn1nccc1CN1CCC(N)CC1C. The molecular formula is C12H22N4. The summed E-state index contributed by atoms with van der Waals surface area (Å²) >= 11 is 0. The third-order valence-electron chi connectivity index (χ3n) is 3.52. The van der Waals surface area contributed by atoms with Gasteiger partial charge in [-0.3, -0.25) is 9.58 Å². The average molecular weight is 222 g/mol. The molecule has 1 aromatic rings. The van der Waals surface area contributed by atoms with E-state index in [1.54, 1.807) is 0 Å². The zero-order valence-electron chi connectivity index (χ0n) is 10.3. The van der Waals surface area contributed by atoms with Crippen LogP contribution in [0.1, 0.15) is 32.4 Å². The van der Waals surface area contributed by atoms with E-state index in [1.807, 2.05) is 6.20 Å². The molecular weight excluding hydrogens is 200 g/mol. The topological polar surface area (TPSA) is 47.1 Å². The number of nitrogens with zero attached hydrogens (tertiary/aromatic N) is 3. The fourth-order valence-corrected chi connectivity index (χ4v) is 2.48. The van der Waals surface area contributed by atoms with Gasteiger partial charge >= 0.3 is 0 Å². The van der Waals surface area contributed by atoms with Crippen LogP contribution in [-0.4, -0.2) is 33.3 Å². The minimum Gasteiger partial charge on any atom is -0.328 e. The van der Waals surface area contributed by atoms with Crippen LogP contribution in [0.15, 0.2) is 12.3 Å². The summed E-state index contributed by atoms with van der Waals surface area (Å²) in [6, 6.07) is 3.09. The molecule has 2 rings (SSSR count). The maximum absolute atomic E-state index is 5.97. The molecule has 4 heteroatoms. The Morgan fingerprint density at radius 3 is 3.06 bits per heavy atom. The number of aryl methyl sites for hydroxylation is 1. The van der Waals surface area contributed by atoms with E-state index in [0.717, 1.165) is 32.5 Å². The summed E-state index contributed by atoms with van der Waals surface area (Å²) in [6.07, 6.45) is 4.12. The van der Waals surface area contributed by atoms with E-state index in [0.29, 0.717) is 12.1 Å². The van der Waals surface area contributed by atoms with Crippen LogP contribution < -0.4 is 5.73 Å². The minimum atomic E-state index is 0.391. The molecule has 2 atom stereocenters. The number of hydrogen-bond donors (Lipinski definition) is 1.